The van der Waals surface area contributed by atoms with Crippen molar-refractivity contribution in [1.29, 1.82) is 0 Å². The van der Waals surface area contributed by atoms with Crippen molar-refractivity contribution in [2.45, 2.75) is 83.5 Å². The average Bonchev–Trinajstić information content (AvgIpc) is 3.64. The van der Waals surface area contributed by atoms with Crippen LogP contribution in [-0.4, -0.2) is 44.3 Å². The van der Waals surface area contributed by atoms with Gasteiger partial charge >= 0.3 is 5.97 Å². The van der Waals surface area contributed by atoms with Crippen molar-refractivity contribution in [3.63, 3.8) is 0 Å². The van der Waals surface area contributed by atoms with Crippen LogP contribution in [0.3, 0.4) is 0 Å². The first-order valence-electron chi connectivity index (χ1n) is 14.0. The largest absolute Gasteiger partial charge is 0.493 e. The Balaban J connectivity index is 1.59. The van der Waals surface area contributed by atoms with Crippen LogP contribution in [-0.2, 0) is 20.9 Å². The molecule has 0 radical (unpaired) electrons. The van der Waals surface area contributed by atoms with E-state index >= 15 is 0 Å². The molecular weight excluding hydrogens is 484 g/mol. The predicted molar refractivity (Wildman–Crippen MR) is 144 cm³/mol. The second-order valence-corrected chi connectivity index (χ2v) is 10.0. The zero-order valence-corrected chi connectivity index (χ0v) is 22.6. The Morgan fingerprint density at radius 3 is 2.11 bits per heavy atom. The normalized spacial score (nSPS) is 16.8. The number of rotatable bonds is 14. The number of carbonyl (C=O) groups excluding carboxylic acids is 2. The Bertz CT molecular complexity index is 1040. The van der Waals surface area contributed by atoms with E-state index in [1.165, 1.54) is 0 Å². The lowest BCUT2D eigenvalue weighted by atomic mass is 9.93. The van der Waals surface area contributed by atoms with Crippen molar-refractivity contribution < 1.29 is 33.3 Å². The SMILES string of the molecule is CCOC(=O)C(CCOCc1ccccc1)C(=O)c1ccc(OC)c(OC2CCCC2)c1OC1CCCC1. The molecule has 0 amide bonds. The molecule has 0 saturated heterocycles. The summed E-state index contributed by atoms with van der Waals surface area (Å²) in [5.74, 6) is -0.544. The van der Waals surface area contributed by atoms with Crippen molar-refractivity contribution in [3.8, 4) is 17.2 Å². The zero-order chi connectivity index (χ0) is 26.7. The predicted octanol–water partition coefficient (Wildman–Crippen LogP) is 6.31. The number of hydrogen-bond acceptors (Lipinski definition) is 7. The highest BCUT2D eigenvalue weighted by atomic mass is 16.6. The minimum atomic E-state index is -1.01. The molecule has 4 rings (SSSR count). The van der Waals surface area contributed by atoms with E-state index in [4.69, 9.17) is 23.7 Å². The lowest BCUT2D eigenvalue weighted by molar-refractivity contribution is -0.146. The van der Waals surface area contributed by atoms with Crippen LogP contribution in [0.25, 0.3) is 0 Å². The van der Waals surface area contributed by atoms with Gasteiger partial charge in [0.15, 0.2) is 17.3 Å². The molecule has 0 aliphatic heterocycles. The van der Waals surface area contributed by atoms with Crippen LogP contribution in [0.2, 0.25) is 0 Å². The Kier molecular flexibility index (Phi) is 10.4. The zero-order valence-electron chi connectivity index (χ0n) is 22.6. The van der Waals surface area contributed by atoms with E-state index in [0.29, 0.717) is 29.4 Å². The van der Waals surface area contributed by atoms with Crippen LogP contribution in [0.15, 0.2) is 42.5 Å². The van der Waals surface area contributed by atoms with Crippen LogP contribution in [0.5, 0.6) is 17.2 Å². The van der Waals surface area contributed by atoms with Gasteiger partial charge in [-0.2, -0.15) is 0 Å². The van der Waals surface area contributed by atoms with Crippen LogP contribution in [0.4, 0.5) is 0 Å². The number of benzene rings is 2. The molecule has 2 aromatic carbocycles. The maximum absolute atomic E-state index is 14.0. The Morgan fingerprint density at radius 2 is 1.50 bits per heavy atom. The first kappa shape index (κ1) is 28.0. The van der Waals surface area contributed by atoms with Crippen molar-refractivity contribution in [2.24, 2.45) is 5.92 Å². The molecule has 1 atom stereocenters. The molecule has 38 heavy (non-hydrogen) atoms. The van der Waals surface area contributed by atoms with Crippen molar-refractivity contribution >= 4 is 11.8 Å². The summed E-state index contributed by atoms with van der Waals surface area (Å²) in [6.07, 6.45) is 8.38. The molecule has 0 spiro atoms. The van der Waals surface area contributed by atoms with E-state index in [1.807, 2.05) is 30.3 Å². The molecule has 0 aromatic heterocycles. The minimum absolute atomic E-state index is 0.00478. The van der Waals surface area contributed by atoms with Crippen LogP contribution in [0.1, 0.15) is 80.6 Å². The summed E-state index contributed by atoms with van der Waals surface area (Å²) >= 11 is 0. The van der Waals surface area contributed by atoms with E-state index < -0.39 is 11.9 Å². The summed E-state index contributed by atoms with van der Waals surface area (Å²) < 4.78 is 29.7. The van der Waals surface area contributed by atoms with Gasteiger partial charge in [0.1, 0.15) is 5.92 Å². The molecule has 2 aliphatic rings. The fourth-order valence-electron chi connectivity index (χ4n) is 5.23. The molecule has 2 saturated carbocycles. The van der Waals surface area contributed by atoms with Gasteiger partial charge in [-0.05, 0) is 82.4 Å². The first-order chi connectivity index (χ1) is 18.6. The smallest absolute Gasteiger partial charge is 0.316 e. The highest BCUT2D eigenvalue weighted by molar-refractivity contribution is 6.10. The van der Waals surface area contributed by atoms with Crippen molar-refractivity contribution in [1.82, 2.24) is 0 Å². The number of hydrogen-bond donors (Lipinski definition) is 0. The summed E-state index contributed by atoms with van der Waals surface area (Å²) in [5.41, 5.74) is 1.36. The molecular formula is C31H40O7. The maximum atomic E-state index is 14.0. The molecule has 2 aliphatic carbocycles. The summed E-state index contributed by atoms with van der Waals surface area (Å²) in [6.45, 7) is 2.57. The van der Waals surface area contributed by atoms with E-state index in [0.717, 1.165) is 56.9 Å². The Morgan fingerprint density at radius 1 is 0.868 bits per heavy atom. The summed E-state index contributed by atoms with van der Waals surface area (Å²) in [7, 11) is 1.59. The van der Waals surface area contributed by atoms with Crippen LogP contribution in [0, 0.1) is 5.92 Å². The minimum Gasteiger partial charge on any atom is -0.493 e. The van der Waals surface area contributed by atoms with Gasteiger partial charge in [0.25, 0.3) is 0 Å². The quantitative estimate of drug-likeness (QED) is 0.124. The van der Waals surface area contributed by atoms with Crippen LogP contribution < -0.4 is 14.2 Å². The third-order valence-corrected chi connectivity index (χ3v) is 7.28. The summed E-state index contributed by atoms with van der Waals surface area (Å²) in [5, 5.41) is 0. The van der Waals surface area contributed by atoms with E-state index in [-0.39, 0.29) is 37.6 Å². The number of esters is 1. The third kappa shape index (κ3) is 7.28. The highest BCUT2D eigenvalue weighted by Crippen LogP contribution is 2.44. The molecule has 2 aromatic rings. The molecule has 2 fully saturated rings. The van der Waals surface area contributed by atoms with Crippen molar-refractivity contribution in [2.75, 3.05) is 20.3 Å². The second kappa shape index (κ2) is 14.2. The fraction of sp³-hybridized carbons (Fsp3) is 0.548. The lowest BCUT2D eigenvalue weighted by Crippen LogP contribution is -2.29. The molecule has 7 heteroatoms. The lowest BCUT2D eigenvalue weighted by Gasteiger charge is -2.24. The van der Waals surface area contributed by atoms with Gasteiger partial charge in [-0.15, -0.1) is 0 Å². The molecule has 7 nitrogen and oxygen atoms in total. The standard InChI is InChI=1S/C31H40O7/c1-3-36-31(33)26(19-20-35-21-22-11-5-4-6-12-22)28(32)25-17-18-27(34-2)30(38-24-15-9-10-16-24)29(25)37-23-13-7-8-14-23/h4-6,11-12,17-18,23-24,26H,3,7-10,13-16,19-21H2,1-2H3. The Hall–Kier alpha value is -3.06. The molecule has 0 N–H and O–H groups in total. The van der Waals surface area contributed by atoms with Crippen LogP contribution >= 0.6 is 0 Å². The van der Waals surface area contributed by atoms with E-state index in [1.54, 1.807) is 26.2 Å². The summed E-state index contributed by atoms with van der Waals surface area (Å²) in [4.78, 5) is 26.9. The van der Waals surface area contributed by atoms with Crippen molar-refractivity contribution in [3.05, 3.63) is 53.6 Å². The molecule has 0 heterocycles. The number of carbonyl (C=O) groups is 2. The van der Waals surface area contributed by atoms with E-state index in [9.17, 15) is 9.59 Å². The van der Waals surface area contributed by atoms with Gasteiger partial charge < -0.3 is 23.7 Å². The fourth-order valence-corrected chi connectivity index (χ4v) is 5.23. The highest BCUT2D eigenvalue weighted by Gasteiger charge is 2.34. The maximum Gasteiger partial charge on any atom is 0.316 e. The van der Waals surface area contributed by atoms with Gasteiger partial charge in [0.2, 0.25) is 5.75 Å². The van der Waals surface area contributed by atoms with Gasteiger partial charge in [-0.25, -0.2) is 0 Å². The molecule has 206 valence electrons. The molecule has 1 unspecified atom stereocenters. The van der Waals surface area contributed by atoms with E-state index in [2.05, 4.69) is 0 Å². The Labute approximate surface area is 225 Å². The first-order valence-corrected chi connectivity index (χ1v) is 14.0. The number of ketones is 1. The topological polar surface area (TPSA) is 80.3 Å². The average molecular weight is 525 g/mol. The van der Waals surface area contributed by atoms with Gasteiger partial charge in [-0.3, -0.25) is 9.59 Å². The van der Waals surface area contributed by atoms with Gasteiger partial charge in [-0.1, -0.05) is 30.3 Å². The molecule has 0 bridgehead atoms. The number of ether oxygens (including phenoxy) is 5. The third-order valence-electron chi connectivity index (χ3n) is 7.28. The number of methoxy groups -OCH3 is 1. The second-order valence-electron chi connectivity index (χ2n) is 10.0. The monoisotopic (exact) mass is 524 g/mol. The number of Topliss-reactive ketones (excluding diaryl/α,β-unsaturated/α-hetero) is 1. The van der Waals surface area contributed by atoms with Gasteiger partial charge in [0.05, 0.1) is 38.1 Å². The summed E-state index contributed by atoms with van der Waals surface area (Å²) in [6, 6.07) is 13.2. The van der Waals surface area contributed by atoms with Gasteiger partial charge in [0, 0.05) is 6.61 Å².